The van der Waals surface area contributed by atoms with E-state index < -0.39 is 0 Å². The second kappa shape index (κ2) is 12.7. The van der Waals surface area contributed by atoms with E-state index in [1.165, 1.54) is 63.9 Å². The fraction of sp³-hybridized carbons (Fsp3) is 0.694. The molecule has 3 saturated carbocycles. The van der Waals surface area contributed by atoms with Crippen LogP contribution in [0, 0.1) is 46.3 Å². The van der Waals surface area contributed by atoms with Crippen LogP contribution in [0.5, 0.6) is 0 Å². The maximum Gasteiger partial charge on any atom is 0.142 e. The van der Waals surface area contributed by atoms with E-state index in [2.05, 4.69) is 40.7 Å². The van der Waals surface area contributed by atoms with Crippen LogP contribution in [0.1, 0.15) is 111 Å². The van der Waals surface area contributed by atoms with Crippen LogP contribution >= 0.6 is 0 Å². The molecular formula is C36H54O2. The zero-order valence-electron chi connectivity index (χ0n) is 24.9. The van der Waals surface area contributed by atoms with Crippen molar-refractivity contribution in [2.75, 3.05) is 0 Å². The zero-order chi connectivity index (χ0) is 27.3. The van der Waals surface area contributed by atoms with Gasteiger partial charge in [-0.25, -0.2) is 0 Å². The van der Waals surface area contributed by atoms with Crippen molar-refractivity contribution in [3.8, 4) is 0 Å². The number of aldehydes is 1. The number of carbonyl (C=O) groups is 1. The summed E-state index contributed by atoms with van der Waals surface area (Å²) in [7, 11) is 0. The van der Waals surface area contributed by atoms with Gasteiger partial charge in [-0.15, -0.1) is 0 Å². The quantitative estimate of drug-likeness (QED) is 0.222. The van der Waals surface area contributed by atoms with Gasteiger partial charge in [0.1, 0.15) is 6.29 Å². The maximum absolute atomic E-state index is 10.2. The van der Waals surface area contributed by atoms with Gasteiger partial charge in [0.25, 0.3) is 0 Å². The van der Waals surface area contributed by atoms with E-state index in [0.29, 0.717) is 10.8 Å². The highest BCUT2D eigenvalue weighted by Gasteiger charge is 2.59. The van der Waals surface area contributed by atoms with Crippen LogP contribution in [0.2, 0.25) is 0 Å². The molecule has 3 fully saturated rings. The Morgan fingerprint density at radius 1 is 0.974 bits per heavy atom. The molecule has 210 valence electrons. The first-order valence-electron chi connectivity index (χ1n) is 15.7. The molecule has 0 unspecified atom stereocenters. The Hall–Kier alpha value is -1.67. The molecule has 0 heterocycles. The Balaban J connectivity index is 0.000000283. The number of hydrogen-bond donors (Lipinski definition) is 1. The van der Waals surface area contributed by atoms with Crippen molar-refractivity contribution in [1.29, 1.82) is 0 Å². The molecule has 0 amide bonds. The van der Waals surface area contributed by atoms with E-state index in [1.807, 2.05) is 30.3 Å². The third kappa shape index (κ3) is 6.22. The standard InChI is InChI=1S/C27H46O.C9H8O/c1-18(2)7-6-8-19(3)23-11-12-24-22-10-9-20-17-21(28)13-15-26(20,4)25(22)14-16-27(23,24)5;10-8-4-7-9-5-2-1-3-6-9/h9,18-19,21-25,28H,6-8,10-17H2,1-5H3;1-8H/b;7-4+/t19-,21+,22+,23-,24+,25+,26+,27-;/m1./s1. The lowest BCUT2D eigenvalue weighted by atomic mass is 9.47. The molecule has 0 saturated heterocycles. The first kappa shape index (κ1) is 29.3. The predicted molar refractivity (Wildman–Crippen MR) is 161 cm³/mol. The highest BCUT2D eigenvalue weighted by molar-refractivity contribution is 5.73. The molecule has 0 spiro atoms. The molecule has 2 heteroatoms. The Bertz CT molecular complexity index is 961. The summed E-state index contributed by atoms with van der Waals surface area (Å²) in [4.78, 5) is 9.89. The topological polar surface area (TPSA) is 37.3 Å². The number of carbonyl (C=O) groups excluding carboxylic acids is 1. The number of benzene rings is 1. The normalized spacial score (nSPS) is 36.9. The molecule has 4 aliphatic carbocycles. The van der Waals surface area contributed by atoms with Gasteiger partial charge in [0, 0.05) is 0 Å². The molecule has 4 aliphatic rings. The van der Waals surface area contributed by atoms with Gasteiger partial charge in [-0.05, 0) is 109 Å². The van der Waals surface area contributed by atoms with E-state index >= 15 is 0 Å². The largest absolute Gasteiger partial charge is 0.393 e. The molecule has 1 aromatic rings. The Kier molecular flexibility index (Phi) is 9.77. The second-order valence-electron chi connectivity index (χ2n) is 14.1. The van der Waals surface area contributed by atoms with Gasteiger partial charge in [-0.2, -0.15) is 0 Å². The highest BCUT2D eigenvalue weighted by Crippen LogP contribution is 2.67. The molecular weight excluding hydrogens is 464 g/mol. The monoisotopic (exact) mass is 518 g/mol. The molecule has 2 nitrogen and oxygen atoms in total. The summed E-state index contributed by atoms with van der Waals surface area (Å²) in [6.45, 7) is 12.6. The van der Waals surface area contributed by atoms with Crippen molar-refractivity contribution in [1.82, 2.24) is 0 Å². The van der Waals surface area contributed by atoms with Crippen molar-refractivity contribution in [3.05, 3.63) is 53.6 Å². The van der Waals surface area contributed by atoms with Crippen LogP contribution in [0.25, 0.3) is 6.08 Å². The summed E-state index contributed by atoms with van der Waals surface area (Å²) >= 11 is 0. The number of fused-ring (bicyclic) bond motifs is 5. The molecule has 0 aliphatic heterocycles. The Morgan fingerprint density at radius 3 is 2.45 bits per heavy atom. The molecule has 0 radical (unpaired) electrons. The summed E-state index contributed by atoms with van der Waals surface area (Å²) in [5.74, 6) is 5.46. The molecule has 38 heavy (non-hydrogen) atoms. The number of rotatable bonds is 7. The lowest BCUT2D eigenvalue weighted by Gasteiger charge is -2.58. The third-order valence-electron chi connectivity index (χ3n) is 11.4. The minimum atomic E-state index is -0.0766. The summed E-state index contributed by atoms with van der Waals surface area (Å²) in [6.07, 6.45) is 21.2. The van der Waals surface area contributed by atoms with Crippen LogP contribution in [-0.2, 0) is 4.79 Å². The summed E-state index contributed by atoms with van der Waals surface area (Å²) < 4.78 is 0. The van der Waals surface area contributed by atoms with Crippen LogP contribution in [0.4, 0.5) is 0 Å². The zero-order valence-corrected chi connectivity index (χ0v) is 24.9. The average molecular weight is 519 g/mol. The van der Waals surface area contributed by atoms with Gasteiger partial charge in [-0.3, -0.25) is 4.79 Å². The van der Waals surface area contributed by atoms with E-state index in [9.17, 15) is 9.90 Å². The average Bonchev–Trinajstić information content (AvgIpc) is 3.26. The Morgan fingerprint density at radius 2 is 1.74 bits per heavy atom. The fourth-order valence-electron chi connectivity index (χ4n) is 9.38. The number of aliphatic hydroxyl groups excluding tert-OH is 1. The fourth-order valence-corrected chi connectivity index (χ4v) is 9.38. The summed E-state index contributed by atoms with van der Waals surface area (Å²) in [5.41, 5.74) is 3.65. The van der Waals surface area contributed by atoms with Crippen molar-refractivity contribution >= 4 is 12.4 Å². The molecule has 1 aromatic carbocycles. The van der Waals surface area contributed by atoms with Crippen LogP contribution in [-0.4, -0.2) is 17.5 Å². The van der Waals surface area contributed by atoms with Crippen molar-refractivity contribution in [2.45, 2.75) is 111 Å². The SMILES string of the molecule is CC(C)CCC[C@@H](C)[C@H]1CC[C@H]2[C@@H]3CC=C4C[C@@H](O)CC[C@]4(C)[C@H]3CC[C@]12C.O=C/C=C/c1ccccc1. The lowest BCUT2D eigenvalue weighted by Crippen LogP contribution is -2.50. The van der Waals surface area contributed by atoms with Gasteiger partial charge >= 0.3 is 0 Å². The smallest absolute Gasteiger partial charge is 0.142 e. The van der Waals surface area contributed by atoms with Crippen molar-refractivity contribution < 1.29 is 9.90 Å². The first-order valence-corrected chi connectivity index (χ1v) is 15.7. The first-order chi connectivity index (χ1) is 18.2. The number of aliphatic hydroxyl groups is 1. The number of hydrogen-bond acceptors (Lipinski definition) is 2. The minimum Gasteiger partial charge on any atom is -0.393 e. The van der Waals surface area contributed by atoms with Crippen molar-refractivity contribution in [3.63, 3.8) is 0 Å². The lowest BCUT2D eigenvalue weighted by molar-refractivity contribution is -0.104. The summed E-state index contributed by atoms with van der Waals surface area (Å²) in [5, 5.41) is 10.2. The molecule has 0 aromatic heterocycles. The Labute approximate surface area is 233 Å². The second-order valence-corrected chi connectivity index (χ2v) is 14.1. The van der Waals surface area contributed by atoms with E-state index in [0.717, 1.165) is 60.2 Å². The predicted octanol–water partition coefficient (Wildman–Crippen LogP) is 9.29. The summed E-state index contributed by atoms with van der Waals surface area (Å²) in [6, 6.07) is 9.70. The highest BCUT2D eigenvalue weighted by atomic mass is 16.3. The van der Waals surface area contributed by atoms with Crippen molar-refractivity contribution in [2.24, 2.45) is 46.3 Å². The molecule has 5 rings (SSSR count). The third-order valence-corrected chi connectivity index (χ3v) is 11.4. The van der Waals surface area contributed by atoms with Crippen LogP contribution in [0.15, 0.2) is 48.1 Å². The van der Waals surface area contributed by atoms with Gasteiger partial charge in [0.15, 0.2) is 0 Å². The van der Waals surface area contributed by atoms with E-state index in [4.69, 9.17) is 0 Å². The van der Waals surface area contributed by atoms with Crippen LogP contribution in [0.3, 0.4) is 0 Å². The molecule has 8 atom stereocenters. The minimum absolute atomic E-state index is 0.0766. The molecule has 1 N–H and O–H groups in total. The van der Waals surface area contributed by atoms with Crippen LogP contribution < -0.4 is 0 Å². The van der Waals surface area contributed by atoms with E-state index in [1.54, 1.807) is 11.6 Å². The van der Waals surface area contributed by atoms with E-state index in [-0.39, 0.29) is 6.10 Å². The molecule has 0 bridgehead atoms. The van der Waals surface area contributed by atoms with Gasteiger partial charge in [-0.1, -0.05) is 102 Å². The van der Waals surface area contributed by atoms with Gasteiger partial charge in [0.05, 0.1) is 6.10 Å². The maximum atomic E-state index is 10.2. The van der Waals surface area contributed by atoms with Gasteiger partial charge < -0.3 is 5.11 Å². The van der Waals surface area contributed by atoms with Gasteiger partial charge in [0.2, 0.25) is 0 Å². The number of allylic oxidation sites excluding steroid dienone is 2.